The van der Waals surface area contributed by atoms with Crippen LogP contribution in [0.1, 0.15) is 12.0 Å². The van der Waals surface area contributed by atoms with Gasteiger partial charge >= 0.3 is 5.97 Å². The molecule has 0 saturated heterocycles. The van der Waals surface area contributed by atoms with Crippen LogP contribution in [0.4, 0.5) is 0 Å². The van der Waals surface area contributed by atoms with Crippen LogP contribution in [0, 0.1) is 0 Å². The van der Waals surface area contributed by atoms with Crippen LogP contribution < -0.4 is 0 Å². The van der Waals surface area contributed by atoms with Gasteiger partial charge in [0, 0.05) is 25.3 Å². The highest BCUT2D eigenvalue weighted by Crippen LogP contribution is 2.13. The molecule has 19 heavy (non-hydrogen) atoms. The van der Waals surface area contributed by atoms with Gasteiger partial charge in [0.15, 0.2) is 0 Å². The van der Waals surface area contributed by atoms with Gasteiger partial charge in [-0.05, 0) is 11.1 Å². The zero-order valence-corrected chi connectivity index (χ0v) is 11.0. The average Bonchev–Trinajstić information content (AvgIpc) is 2.85. The maximum atomic E-state index is 11.7. The highest BCUT2D eigenvalue weighted by atomic mass is 16.5. The second-order valence-electron chi connectivity index (χ2n) is 4.39. The largest absolute Gasteiger partial charge is 0.458 e. The number of ether oxygens (including phenoxy) is 2. The summed E-state index contributed by atoms with van der Waals surface area (Å²) in [5.41, 5.74) is 2.94. The van der Waals surface area contributed by atoms with E-state index in [0.717, 1.165) is 16.8 Å². The lowest BCUT2D eigenvalue weighted by atomic mass is 10.1. The monoisotopic (exact) mass is 259 g/mol. The predicted octanol–water partition coefficient (Wildman–Crippen LogP) is 2.15. The molecular formula is C15H17NO3. The first-order valence-corrected chi connectivity index (χ1v) is 6.19. The van der Waals surface area contributed by atoms with Crippen molar-refractivity contribution in [3.63, 3.8) is 0 Å². The van der Waals surface area contributed by atoms with Gasteiger partial charge in [0.2, 0.25) is 0 Å². The van der Waals surface area contributed by atoms with Gasteiger partial charge in [-0.25, -0.2) is 4.79 Å². The number of benzene rings is 1. The molecule has 0 unspecified atom stereocenters. The number of methoxy groups -OCH3 is 1. The maximum Gasteiger partial charge on any atom is 0.331 e. The van der Waals surface area contributed by atoms with Crippen molar-refractivity contribution in [1.29, 1.82) is 0 Å². The zero-order chi connectivity index (χ0) is 13.5. The molecular weight excluding hydrogens is 242 g/mol. The van der Waals surface area contributed by atoms with E-state index >= 15 is 0 Å². The Bertz CT molecular complexity index is 491. The molecule has 1 aliphatic heterocycles. The van der Waals surface area contributed by atoms with E-state index < -0.39 is 0 Å². The summed E-state index contributed by atoms with van der Waals surface area (Å²) >= 11 is 0. The SMILES string of the molecule is COCC1=NC/C(=C\C(=O)OCc2ccccc2)C1. The van der Waals surface area contributed by atoms with Gasteiger partial charge in [0.25, 0.3) is 0 Å². The molecule has 1 heterocycles. The van der Waals surface area contributed by atoms with Crippen LogP contribution in [-0.4, -0.2) is 31.9 Å². The Morgan fingerprint density at radius 2 is 2.11 bits per heavy atom. The Morgan fingerprint density at radius 1 is 1.32 bits per heavy atom. The van der Waals surface area contributed by atoms with E-state index in [2.05, 4.69) is 4.99 Å². The van der Waals surface area contributed by atoms with E-state index in [0.29, 0.717) is 26.2 Å². The number of hydrogen-bond acceptors (Lipinski definition) is 4. The van der Waals surface area contributed by atoms with Gasteiger partial charge in [0.05, 0.1) is 13.2 Å². The fraction of sp³-hybridized carbons (Fsp3) is 0.333. The molecule has 0 N–H and O–H groups in total. The van der Waals surface area contributed by atoms with Gasteiger partial charge in [-0.15, -0.1) is 0 Å². The number of carbonyl (C=O) groups is 1. The van der Waals surface area contributed by atoms with E-state index in [9.17, 15) is 4.79 Å². The molecule has 0 bridgehead atoms. The highest BCUT2D eigenvalue weighted by molar-refractivity contribution is 5.92. The van der Waals surface area contributed by atoms with Gasteiger partial charge in [-0.3, -0.25) is 4.99 Å². The van der Waals surface area contributed by atoms with E-state index in [4.69, 9.17) is 9.47 Å². The molecule has 0 saturated carbocycles. The topological polar surface area (TPSA) is 47.9 Å². The quantitative estimate of drug-likeness (QED) is 0.601. The summed E-state index contributed by atoms with van der Waals surface area (Å²) in [5, 5.41) is 0. The third kappa shape index (κ3) is 4.34. The molecule has 0 atom stereocenters. The lowest BCUT2D eigenvalue weighted by Crippen LogP contribution is -2.05. The number of nitrogens with zero attached hydrogens (tertiary/aromatic N) is 1. The van der Waals surface area contributed by atoms with Gasteiger partial charge in [-0.1, -0.05) is 30.3 Å². The third-order valence-corrected chi connectivity index (χ3v) is 2.79. The molecule has 0 aliphatic carbocycles. The second-order valence-corrected chi connectivity index (χ2v) is 4.39. The first-order chi connectivity index (χ1) is 9.28. The zero-order valence-electron chi connectivity index (χ0n) is 11.0. The molecule has 4 nitrogen and oxygen atoms in total. The summed E-state index contributed by atoms with van der Waals surface area (Å²) in [7, 11) is 1.64. The summed E-state index contributed by atoms with van der Waals surface area (Å²) in [4.78, 5) is 15.9. The average molecular weight is 259 g/mol. The molecule has 0 aromatic heterocycles. The summed E-state index contributed by atoms with van der Waals surface area (Å²) in [6, 6.07) is 9.62. The Hall–Kier alpha value is -1.94. The standard InChI is InChI=1S/C15H17NO3/c1-18-11-14-7-13(9-16-14)8-15(17)19-10-12-5-3-2-4-6-12/h2-6,8H,7,9-11H2,1H3/b13-8-. The summed E-state index contributed by atoms with van der Waals surface area (Å²) in [6.45, 7) is 1.39. The Kier molecular flexibility index (Phi) is 4.86. The summed E-state index contributed by atoms with van der Waals surface area (Å²) in [5.74, 6) is -0.312. The molecule has 0 amide bonds. The van der Waals surface area contributed by atoms with E-state index in [1.165, 1.54) is 6.08 Å². The van der Waals surface area contributed by atoms with Gasteiger partial charge in [-0.2, -0.15) is 0 Å². The van der Waals surface area contributed by atoms with Crippen molar-refractivity contribution in [2.45, 2.75) is 13.0 Å². The molecule has 1 aromatic rings. The van der Waals surface area contributed by atoms with Crippen LogP contribution >= 0.6 is 0 Å². The lowest BCUT2D eigenvalue weighted by molar-refractivity contribution is -0.139. The predicted molar refractivity (Wildman–Crippen MR) is 73.1 cm³/mol. The van der Waals surface area contributed by atoms with Crippen molar-refractivity contribution < 1.29 is 14.3 Å². The van der Waals surface area contributed by atoms with Crippen molar-refractivity contribution in [2.75, 3.05) is 20.3 Å². The van der Waals surface area contributed by atoms with Crippen LogP contribution in [-0.2, 0) is 20.9 Å². The van der Waals surface area contributed by atoms with Crippen LogP contribution in [0.25, 0.3) is 0 Å². The third-order valence-electron chi connectivity index (χ3n) is 2.79. The lowest BCUT2D eigenvalue weighted by Gasteiger charge is -2.02. The molecule has 0 radical (unpaired) electrons. The fourth-order valence-electron chi connectivity index (χ4n) is 1.88. The van der Waals surface area contributed by atoms with Crippen molar-refractivity contribution in [1.82, 2.24) is 0 Å². The van der Waals surface area contributed by atoms with Crippen LogP contribution in [0.3, 0.4) is 0 Å². The number of hydrogen-bond donors (Lipinski definition) is 0. The van der Waals surface area contributed by atoms with Crippen molar-refractivity contribution >= 4 is 11.7 Å². The molecule has 100 valence electrons. The normalized spacial score (nSPS) is 16.5. The van der Waals surface area contributed by atoms with Crippen LogP contribution in [0.15, 0.2) is 47.0 Å². The summed E-state index contributed by atoms with van der Waals surface area (Å²) in [6.07, 6.45) is 2.24. The minimum Gasteiger partial charge on any atom is -0.458 e. The first-order valence-electron chi connectivity index (χ1n) is 6.19. The second kappa shape index (κ2) is 6.85. The fourth-order valence-corrected chi connectivity index (χ4v) is 1.88. The Balaban J connectivity index is 1.79. The van der Waals surface area contributed by atoms with Crippen molar-refractivity contribution in [2.24, 2.45) is 4.99 Å². The van der Waals surface area contributed by atoms with Crippen LogP contribution in [0.2, 0.25) is 0 Å². The molecule has 4 heteroatoms. The minimum absolute atomic E-state index is 0.301. The van der Waals surface area contributed by atoms with E-state index in [-0.39, 0.29) is 5.97 Å². The molecule has 0 spiro atoms. The first kappa shape index (κ1) is 13.5. The maximum absolute atomic E-state index is 11.7. The summed E-state index contributed by atoms with van der Waals surface area (Å²) < 4.78 is 10.2. The number of carbonyl (C=O) groups excluding carboxylic acids is 1. The minimum atomic E-state index is -0.312. The number of rotatable bonds is 5. The molecule has 0 fully saturated rings. The van der Waals surface area contributed by atoms with Crippen molar-refractivity contribution in [3.8, 4) is 0 Å². The van der Waals surface area contributed by atoms with Gasteiger partial charge in [0.1, 0.15) is 6.61 Å². The molecule has 2 rings (SSSR count). The Labute approximate surface area is 112 Å². The number of esters is 1. The van der Waals surface area contributed by atoms with E-state index in [1.807, 2.05) is 30.3 Å². The molecule has 1 aromatic carbocycles. The highest BCUT2D eigenvalue weighted by Gasteiger charge is 2.13. The smallest absolute Gasteiger partial charge is 0.331 e. The van der Waals surface area contributed by atoms with Gasteiger partial charge < -0.3 is 9.47 Å². The van der Waals surface area contributed by atoms with Crippen molar-refractivity contribution in [3.05, 3.63) is 47.5 Å². The Morgan fingerprint density at radius 3 is 2.84 bits per heavy atom. The number of aliphatic imine (C=N–C) groups is 1. The molecule has 1 aliphatic rings. The van der Waals surface area contributed by atoms with E-state index in [1.54, 1.807) is 7.11 Å². The van der Waals surface area contributed by atoms with Crippen LogP contribution in [0.5, 0.6) is 0 Å².